The maximum absolute atomic E-state index is 13.2. The van der Waals surface area contributed by atoms with E-state index in [0.717, 1.165) is 11.1 Å². The van der Waals surface area contributed by atoms with Crippen LogP contribution in [0, 0.1) is 22.7 Å². The van der Waals surface area contributed by atoms with Gasteiger partial charge >= 0.3 is 0 Å². The smallest absolute Gasteiger partial charge is 0.255 e. The number of fused-ring (bicyclic) bond motifs is 1. The van der Waals surface area contributed by atoms with Gasteiger partial charge in [-0.15, -0.1) is 0 Å². The fourth-order valence-corrected chi connectivity index (χ4v) is 3.76. The van der Waals surface area contributed by atoms with Gasteiger partial charge in [-0.2, -0.15) is 10.5 Å². The zero-order chi connectivity index (χ0) is 21.1. The summed E-state index contributed by atoms with van der Waals surface area (Å²) in [7, 11) is 1.55. The summed E-state index contributed by atoms with van der Waals surface area (Å²) in [4.78, 5) is 23.3. The van der Waals surface area contributed by atoms with E-state index in [1.165, 1.54) is 6.20 Å². The van der Waals surface area contributed by atoms with E-state index in [2.05, 4.69) is 22.1 Å². The minimum absolute atomic E-state index is 0.0904. The molecule has 0 spiro atoms. The number of carbonyl (C=O) groups excluding carboxylic acids is 1. The van der Waals surface area contributed by atoms with E-state index in [9.17, 15) is 15.3 Å². The largest absolute Gasteiger partial charge is 0.481 e. The lowest BCUT2D eigenvalue weighted by Crippen LogP contribution is -2.29. The Kier molecular flexibility index (Phi) is 5.11. The zero-order valence-electron chi connectivity index (χ0n) is 16.2. The number of benzene rings is 1. The number of nitriles is 2. The predicted octanol–water partition coefficient (Wildman–Crippen LogP) is 3.17. The van der Waals surface area contributed by atoms with Gasteiger partial charge < -0.3 is 9.64 Å². The molecule has 1 aliphatic heterocycles. The molecule has 0 radical (unpaired) electrons. The first kappa shape index (κ1) is 19.1. The van der Waals surface area contributed by atoms with Gasteiger partial charge in [0.15, 0.2) is 0 Å². The van der Waals surface area contributed by atoms with Gasteiger partial charge in [-0.05, 0) is 23.3 Å². The summed E-state index contributed by atoms with van der Waals surface area (Å²) < 4.78 is 5.10. The molecule has 7 heteroatoms. The standard InChI is InChI=1S/C23H17N5O2/c1-30-22-7-6-15(13-27-22)14-28-21(17-4-2-3-5-18(17)23(28)29)10-19-16(11-24)8-9-26-20(19)12-25/h2-9,13,21H,10,14H2,1H3. The second-order valence-electron chi connectivity index (χ2n) is 6.86. The number of hydrogen-bond donors (Lipinski definition) is 0. The normalized spacial score (nSPS) is 14.7. The maximum atomic E-state index is 13.2. The van der Waals surface area contributed by atoms with Crippen molar-refractivity contribution in [2.45, 2.75) is 19.0 Å². The van der Waals surface area contributed by atoms with Gasteiger partial charge in [0.2, 0.25) is 5.88 Å². The van der Waals surface area contributed by atoms with Crippen LogP contribution in [0.5, 0.6) is 5.88 Å². The number of amides is 1. The molecule has 1 aromatic carbocycles. The third-order valence-corrected chi connectivity index (χ3v) is 5.23. The molecule has 0 saturated carbocycles. The molecule has 2 aromatic heterocycles. The summed E-state index contributed by atoms with van der Waals surface area (Å²) in [6.45, 7) is 0.346. The molecule has 1 atom stereocenters. The molecule has 0 aliphatic carbocycles. The molecule has 3 heterocycles. The third-order valence-electron chi connectivity index (χ3n) is 5.23. The summed E-state index contributed by atoms with van der Waals surface area (Å²) in [5.41, 5.74) is 3.51. The van der Waals surface area contributed by atoms with Crippen molar-refractivity contribution in [1.29, 1.82) is 10.5 Å². The van der Waals surface area contributed by atoms with Crippen LogP contribution in [0.4, 0.5) is 0 Å². The van der Waals surface area contributed by atoms with Gasteiger partial charge in [-0.3, -0.25) is 4.79 Å². The van der Waals surface area contributed by atoms with Crippen LogP contribution < -0.4 is 4.74 Å². The second kappa shape index (κ2) is 8.02. The van der Waals surface area contributed by atoms with Gasteiger partial charge in [0.1, 0.15) is 11.8 Å². The molecule has 1 aliphatic rings. The molecule has 0 saturated heterocycles. The van der Waals surface area contributed by atoms with E-state index in [0.29, 0.717) is 35.5 Å². The number of aromatic nitrogens is 2. The third kappa shape index (κ3) is 3.34. The fourth-order valence-electron chi connectivity index (χ4n) is 3.76. The molecule has 0 N–H and O–H groups in total. The van der Waals surface area contributed by atoms with E-state index in [4.69, 9.17) is 4.74 Å². The summed E-state index contributed by atoms with van der Waals surface area (Å²) in [6.07, 6.45) is 3.46. The van der Waals surface area contributed by atoms with Crippen LogP contribution in [0.3, 0.4) is 0 Å². The Bertz CT molecular complexity index is 1160. The monoisotopic (exact) mass is 395 g/mol. The highest BCUT2D eigenvalue weighted by molar-refractivity contribution is 5.99. The molecule has 1 unspecified atom stereocenters. The molecule has 0 fully saturated rings. The molecule has 30 heavy (non-hydrogen) atoms. The summed E-state index contributed by atoms with van der Waals surface area (Å²) >= 11 is 0. The number of hydrogen-bond acceptors (Lipinski definition) is 6. The van der Waals surface area contributed by atoms with E-state index in [1.807, 2.05) is 24.3 Å². The van der Waals surface area contributed by atoms with E-state index < -0.39 is 0 Å². The van der Waals surface area contributed by atoms with E-state index in [1.54, 1.807) is 36.4 Å². The Morgan fingerprint density at radius 2 is 1.93 bits per heavy atom. The predicted molar refractivity (Wildman–Crippen MR) is 107 cm³/mol. The lowest BCUT2D eigenvalue weighted by atomic mass is 9.94. The summed E-state index contributed by atoms with van der Waals surface area (Å²) in [5, 5.41) is 19.0. The van der Waals surface area contributed by atoms with Gasteiger partial charge in [-0.25, -0.2) is 9.97 Å². The Balaban J connectivity index is 1.74. The minimum atomic E-state index is -0.320. The number of nitrogens with zero attached hydrogens (tertiary/aromatic N) is 5. The quantitative estimate of drug-likeness (QED) is 0.657. The average Bonchev–Trinajstić information content (AvgIpc) is 3.05. The number of methoxy groups -OCH3 is 1. The van der Waals surface area contributed by atoms with Crippen molar-refractivity contribution in [3.05, 3.63) is 88.4 Å². The average molecular weight is 395 g/mol. The molecule has 146 valence electrons. The van der Waals surface area contributed by atoms with Crippen LogP contribution in [0.25, 0.3) is 0 Å². The fraction of sp³-hybridized carbons (Fsp3) is 0.174. The molecular weight excluding hydrogens is 378 g/mol. The molecule has 4 rings (SSSR count). The van der Waals surface area contributed by atoms with Crippen molar-refractivity contribution in [1.82, 2.24) is 14.9 Å². The highest BCUT2D eigenvalue weighted by Gasteiger charge is 2.37. The van der Waals surface area contributed by atoms with Crippen molar-refractivity contribution >= 4 is 5.91 Å². The maximum Gasteiger partial charge on any atom is 0.255 e. The second-order valence-corrected chi connectivity index (χ2v) is 6.86. The van der Waals surface area contributed by atoms with Crippen LogP contribution in [-0.2, 0) is 13.0 Å². The minimum Gasteiger partial charge on any atom is -0.481 e. The van der Waals surface area contributed by atoms with Gasteiger partial charge in [0.25, 0.3) is 5.91 Å². The Morgan fingerprint density at radius 3 is 2.63 bits per heavy atom. The van der Waals surface area contributed by atoms with Crippen molar-refractivity contribution in [3.63, 3.8) is 0 Å². The summed E-state index contributed by atoms with van der Waals surface area (Å²) in [6, 6.07) is 16.5. The molecule has 1 amide bonds. The molecule has 3 aromatic rings. The topological polar surface area (TPSA) is 103 Å². The van der Waals surface area contributed by atoms with Crippen LogP contribution in [0.15, 0.2) is 54.9 Å². The lowest BCUT2D eigenvalue weighted by molar-refractivity contribution is 0.0709. The van der Waals surface area contributed by atoms with E-state index >= 15 is 0 Å². The SMILES string of the molecule is COc1ccc(CN2C(=O)c3ccccc3C2Cc2c(C#N)ccnc2C#N)cn1. The first-order valence-corrected chi connectivity index (χ1v) is 9.33. The van der Waals surface area contributed by atoms with Crippen molar-refractivity contribution in [2.24, 2.45) is 0 Å². The number of ether oxygens (including phenoxy) is 1. The van der Waals surface area contributed by atoms with Crippen molar-refractivity contribution in [3.8, 4) is 18.0 Å². The molecule has 7 nitrogen and oxygen atoms in total. The van der Waals surface area contributed by atoms with Gasteiger partial charge in [0.05, 0.1) is 24.8 Å². The van der Waals surface area contributed by atoms with Gasteiger partial charge in [0, 0.05) is 42.6 Å². The number of carbonyl (C=O) groups is 1. The molecular formula is C23H17N5O2. The van der Waals surface area contributed by atoms with Crippen LogP contribution in [0.2, 0.25) is 0 Å². The molecule has 0 bridgehead atoms. The lowest BCUT2D eigenvalue weighted by Gasteiger charge is -2.26. The highest BCUT2D eigenvalue weighted by atomic mass is 16.5. The van der Waals surface area contributed by atoms with Crippen LogP contribution >= 0.6 is 0 Å². The van der Waals surface area contributed by atoms with Crippen LogP contribution in [0.1, 0.15) is 44.3 Å². The number of rotatable bonds is 5. The van der Waals surface area contributed by atoms with E-state index in [-0.39, 0.29) is 17.6 Å². The number of pyridine rings is 2. The highest BCUT2D eigenvalue weighted by Crippen LogP contribution is 2.38. The Morgan fingerprint density at radius 1 is 1.10 bits per heavy atom. The van der Waals surface area contributed by atoms with Crippen LogP contribution in [-0.4, -0.2) is 27.9 Å². The van der Waals surface area contributed by atoms with Gasteiger partial charge in [-0.1, -0.05) is 24.3 Å². The summed E-state index contributed by atoms with van der Waals surface area (Å²) in [5.74, 6) is 0.409. The van der Waals surface area contributed by atoms with Crippen molar-refractivity contribution in [2.75, 3.05) is 7.11 Å². The Labute approximate surface area is 173 Å². The first-order chi connectivity index (χ1) is 14.7. The van der Waals surface area contributed by atoms with Crippen molar-refractivity contribution < 1.29 is 9.53 Å². The Hall–Kier alpha value is -4.23. The zero-order valence-corrected chi connectivity index (χ0v) is 16.2. The first-order valence-electron chi connectivity index (χ1n) is 9.33.